The largest absolute Gasteiger partial charge is 0.508 e. The van der Waals surface area contributed by atoms with E-state index in [2.05, 4.69) is 15.0 Å². The van der Waals surface area contributed by atoms with Gasteiger partial charge in [0.1, 0.15) is 23.0 Å². The molecule has 0 amide bonds. The lowest BCUT2D eigenvalue weighted by molar-refractivity contribution is 0.451. The molecule has 4 rings (SSSR count). The van der Waals surface area contributed by atoms with Gasteiger partial charge in [-0.3, -0.25) is 0 Å². The van der Waals surface area contributed by atoms with E-state index in [0.29, 0.717) is 10.6 Å². The summed E-state index contributed by atoms with van der Waals surface area (Å²) in [5.74, 6) is -0.184. The number of hydrogen-bond acceptors (Lipinski definition) is 7. The predicted molar refractivity (Wildman–Crippen MR) is 108 cm³/mol. The Labute approximate surface area is 170 Å². The van der Waals surface area contributed by atoms with E-state index in [-0.39, 0.29) is 51.6 Å². The zero-order valence-electron chi connectivity index (χ0n) is 14.8. The number of phenolic OH excluding ortho intramolecular Hbond substituents is 4. The highest BCUT2D eigenvalue weighted by Crippen LogP contribution is 2.35. The number of aromatic nitrogens is 3. The van der Waals surface area contributed by atoms with Crippen LogP contribution in [0.1, 0.15) is 0 Å². The Kier molecular flexibility index (Phi) is 4.66. The molecular formula is C21H14ClN3O4. The van der Waals surface area contributed by atoms with Crippen molar-refractivity contribution in [2.75, 3.05) is 0 Å². The molecule has 1 aromatic heterocycles. The van der Waals surface area contributed by atoms with Crippen molar-refractivity contribution >= 4 is 11.6 Å². The van der Waals surface area contributed by atoms with Gasteiger partial charge in [0.15, 0.2) is 17.5 Å². The molecule has 29 heavy (non-hydrogen) atoms. The normalized spacial score (nSPS) is 10.8. The zero-order chi connectivity index (χ0) is 20.5. The minimum atomic E-state index is -0.220. The van der Waals surface area contributed by atoms with Crippen LogP contribution >= 0.6 is 11.6 Å². The van der Waals surface area contributed by atoms with Gasteiger partial charge in [0, 0.05) is 17.7 Å². The Morgan fingerprint density at radius 2 is 1.00 bits per heavy atom. The maximum absolute atomic E-state index is 10.2. The van der Waals surface area contributed by atoms with Gasteiger partial charge in [-0.15, -0.1) is 0 Å². The van der Waals surface area contributed by atoms with Crippen molar-refractivity contribution in [1.82, 2.24) is 15.0 Å². The molecule has 0 fully saturated rings. The lowest BCUT2D eigenvalue weighted by atomic mass is 10.1. The maximum atomic E-state index is 10.2. The van der Waals surface area contributed by atoms with Crippen molar-refractivity contribution in [3.05, 3.63) is 65.7 Å². The third-order valence-corrected chi connectivity index (χ3v) is 4.52. The Balaban J connectivity index is 1.98. The van der Waals surface area contributed by atoms with Gasteiger partial charge in [0.25, 0.3) is 0 Å². The Bertz CT molecular complexity index is 1160. The Morgan fingerprint density at radius 1 is 0.552 bits per heavy atom. The molecule has 1 heterocycles. The molecule has 4 N–H and O–H groups in total. The molecule has 0 aliphatic carbocycles. The Hall–Kier alpha value is -3.84. The first kappa shape index (κ1) is 18.5. The monoisotopic (exact) mass is 407 g/mol. The zero-order valence-corrected chi connectivity index (χ0v) is 15.5. The summed E-state index contributed by atoms with van der Waals surface area (Å²) in [6.45, 7) is 0. The fourth-order valence-electron chi connectivity index (χ4n) is 2.80. The van der Waals surface area contributed by atoms with Crippen molar-refractivity contribution in [2.45, 2.75) is 0 Å². The van der Waals surface area contributed by atoms with Gasteiger partial charge in [-0.1, -0.05) is 23.7 Å². The first-order valence-electron chi connectivity index (χ1n) is 8.48. The second kappa shape index (κ2) is 7.29. The standard InChI is InChI=1S/C21H14ClN3O4/c22-16-4-2-1-3-13(16)19-23-20(14-7-5-11(26)9-17(14)28)25-21(24-19)15-8-6-12(27)10-18(15)29/h1-10,26-29H. The maximum Gasteiger partial charge on any atom is 0.167 e. The van der Waals surface area contributed by atoms with Gasteiger partial charge in [-0.25, -0.2) is 15.0 Å². The second-order valence-electron chi connectivity index (χ2n) is 6.19. The molecule has 7 nitrogen and oxygen atoms in total. The number of nitrogens with zero attached hydrogens (tertiary/aromatic N) is 3. The molecule has 0 atom stereocenters. The van der Waals surface area contributed by atoms with Crippen LogP contribution in [0.3, 0.4) is 0 Å². The number of halogens is 1. The third-order valence-electron chi connectivity index (χ3n) is 4.19. The fourth-order valence-corrected chi connectivity index (χ4v) is 3.02. The van der Waals surface area contributed by atoms with Crippen LogP contribution in [-0.4, -0.2) is 35.4 Å². The highest BCUT2D eigenvalue weighted by Gasteiger charge is 2.18. The van der Waals surface area contributed by atoms with E-state index in [1.54, 1.807) is 24.3 Å². The van der Waals surface area contributed by atoms with Crippen LogP contribution in [0.25, 0.3) is 34.2 Å². The molecule has 0 radical (unpaired) electrons. The third kappa shape index (κ3) is 3.63. The molecule has 144 valence electrons. The van der Waals surface area contributed by atoms with E-state index in [4.69, 9.17) is 11.6 Å². The molecule has 0 aliphatic rings. The molecule has 0 aliphatic heterocycles. The molecule has 3 aromatic carbocycles. The van der Waals surface area contributed by atoms with Crippen molar-refractivity contribution in [1.29, 1.82) is 0 Å². The van der Waals surface area contributed by atoms with Crippen LogP contribution in [0, 0.1) is 0 Å². The Morgan fingerprint density at radius 3 is 1.45 bits per heavy atom. The van der Waals surface area contributed by atoms with E-state index in [0.717, 1.165) is 0 Å². The summed E-state index contributed by atoms with van der Waals surface area (Å²) in [5, 5.41) is 40.0. The van der Waals surface area contributed by atoms with Crippen LogP contribution < -0.4 is 0 Å². The predicted octanol–water partition coefficient (Wildman–Crippen LogP) is 4.35. The molecule has 8 heteroatoms. The van der Waals surface area contributed by atoms with Crippen LogP contribution in [0.2, 0.25) is 5.02 Å². The molecule has 0 saturated heterocycles. The van der Waals surface area contributed by atoms with E-state index >= 15 is 0 Å². The summed E-state index contributed by atoms with van der Waals surface area (Å²) in [6, 6.07) is 15.0. The van der Waals surface area contributed by atoms with Gasteiger partial charge in [-0.05, 0) is 36.4 Å². The van der Waals surface area contributed by atoms with Crippen LogP contribution in [0.15, 0.2) is 60.7 Å². The lowest BCUT2D eigenvalue weighted by Gasteiger charge is -2.11. The fraction of sp³-hybridized carbons (Fsp3) is 0. The van der Waals surface area contributed by atoms with Gasteiger partial charge in [-0.2, -0.15) is 0 Å². The summed E-state index contributed by atoms with van der Waals surface area (Å²) in [7, 11) is 0. The van der Waals surface area contributed by atoms with E-state index < -0.39 is 0 Å². The smallest absolute Gasteiger partial charge is 0.167 e. The number of rotatable bonds is 3. The van der Waals surface area contributed by atoms with E-state index in [1.165, 1.54) is 36.4 Å². The van der Waals surface area contributed by atoms with Gasteiger partial charge >= 0.3 is 0 Å². The number of phenols is 4. The van der Waals surface area contributed by atoms with Crippen molar-refractivity contribution in [3.8, 4) is 57.2 Å². The number of hydrogen-bond donors (Lipinski definition) is 4. The SMILES string of the molecule is Oc1ccc(-c2nc(-c3ccc(O)cc3O)nc(-c3ccccc3Cl)n2)c(O)c1. The number of aromatic hydroxyl groups is 4. The summed E-state index contributed by atoms with van der Waals surface area (Å²) in [6.07, 6.45) is 0. The van der Waals surface area contributed by atoms with Crippen LogP contribution in [0.5, 0.6) is 23.0 Å². The van der Waals surface area contributed by atoms with Crippen molar-refractivity contribution in [2.24, 2.45) is 0 Å². The van der Waals surface area contributed by atoms with Crippen molar-refractivity contribution < 1.29 is 20.4 Å². The van der Waals surface area contributed by atoms with Crippen molar-refractivity contribution in [3.63, 3.8) is 0 Å². The van der Waals surface area contributed by atoms with E-state index in [1.807, 2.05) is 0 Å². The van der Waals surface area contributed by atoms with Gasteiger partial charge < -0.3 is 20.4 Å². The average molecular weight is 408 g/mol. The molecular weight excluding hydrogens is 394 g/mol. The summed E-state index contributed by atoms with van der Waals surface area (Å²) >= 11 is 6.29. The summed E-state index contributed by atoms with van der Waals surface area (Å²) in [4.78, 5) is 13.2. The van der Waals surface area contributed by atoms with Crippen LogP contribution in [0.4, 0.5) is 0 Å². The number of benzene rings is 3. The van der Waals surface area contributed by atoms with Crippen LogP contribution in [-0.2, 0) is 0 Å². The first-order valence-corrected chi connectivity index (χ1v) is 8.86. The van der Waals surface area contributed by atoms with Gasteiger partial charge in [0.2, 0.25) is 0 Å². The lowest BCUT2D eigenvalue weighted by Crippen LogP contribution is -2.00. The molecule has 0 unspecified atom stereocenters. The molecule has 0 bridgehead atoms. The van der Waals surface area contributed by atoms with E-state index in [9.17, 15) is 20.4 Å². The topological polar surface area (TPSA) is 120 Å². The second-order valence-corrected chi connectivity index (χ2v) is 6.60. The van der Waals surface area contributed by atoms with Gasteiger partial charge in [0.05, 0.1) is 16.1 Å². The minimum absolute atomic E-state index is 0.108. The minimum Gasteiger partial charge on any atom is -0.508 e. The first-order chi connectivity index (χ1) is 13.9. The summed E-state index contributed by atoms with van der Waals surface area (Å²) in [5.41, 5.74) is 1.06. The highest BCUT2D eigenvalue weighted by atomic mass is 35.5. The highest BCUT2D eigenvalue weighted by molar-refractivity contribution is 6.33. The quantitative estimate of drug-likeness (QED) is 0.398. The summed E-state index contributed by atoms with van der Waals surface area (Å²) < 4.78 is 0. The average Bonchev–Trinajstić information content (AvgIpc) is 2.68. The molecule has 0 spiro atoms. The molecule has 0 saturated carbocycles. The molecule has 4 aromatic rings.